The van der Waals surface area contributed by atoms with Gasteiger partial charge in [0.15, 0.2) is 0 Å². The Morgan fingerprint density at radius 2 is 1.44 bits per heavy atom. The molecule has 0 amide bonds. The van der Waals surface area contributed by atoms with E-state index in [4.69, 9.17) is 0 Å². The fraction of sp³-hybridized carbons (Fsp3) is 1.00. The Balaban J connectivity index is 1.43. The molecule has 0 aromatic carbocycles. The monoisotopic (exact) mass is 221 g/mol. The molecule has 0 bridgehead atoms. The molecule has 16 heavy (non-hydrogen) atoms. The van der Waals surface area contributed by atoms with Crippen molar-refractivity contribution in [3.63, 3.8) is 0 Å². The first kappa shape index (κ1) is 11.1. The molecular formula is C15H27N. The van der Waals surface area contributed by atoms with Crippen LogP contribution in [-0.4, -0.2) is 24.5 Å². The van der Waals surface area contributed by atoms with E-state index in [1.807, 2.05) is 0 Å². The van der Waals surface area contributed by atoms with Gasteiger partial charge in [-0.15, -0.1) is 0 Å². The smallest absolute Gasteiger partial charge is 0.000966 e. The zero-order valence-electron chi connectivity index (χ0n) is 10.7. The van der Waals surface area contributed by atoms with E-state index in [9.17, 15) is 0 Å². The van der Waals surface area contributed by atoms with E-state index in [0.717, 1.165) is 11.3 Å². The van der Waals surface area contributed by atoms with Crippen LogP contribution in [0, 0.1) is 11.3 Å². The van der Waals surface area contributed by atoms with E-state index in [1.165, 1.54) is 71.0 Å². The molecule has 1 aliphatic heterocycles. The number of rotatable bonds is 2. The van der Waals surface area contributed by atoms with Gasteiger partial charge in [0.05, 0.1) is 0 Å². The van der Waals surface area contributed by atoms with Crippen molar-refractivity contribution in [1.29, 1.82) is 0 Å². The van der Waals surface area contributed by atoms with Crippen LogP contribution in [0.2, 0.25) is 0 Å². The average molecular weight is 221 g/mol. The maximum atomic E-state index is 2.78. The van der Waals surface area contributed by atoms with Crippen molar-refractivity contribution in [3.05, 3.63) is 0 Å². The molecule has 1 heterocycles. The molecule has 0 unspecified atom stereocenters. The highest BCUT2D eigenvalue weighted by Crippen LogP contribution is 2.53. The summed E-state index contributed by atoms with van der Waals surface area (Å²) in [6.07, 6.45) is 15.2. The van der Waals surface area contributed by atoms with Gasteiger partial charge in [0.25, 0.3) is 0 Å². The number of likely N-dealkylation sites (tertiary alicyclic amines) is 1. The first-order valence-electron chi connectivity index (χ1n) is 7.59. The highest BCUT2D eigenvalue weighted by molar-refractivity contribution is 4.96. The van der Waals surface area contributed by atoms with Gasteiger partial charge in [-0.25, -0.2) is 0 Å². The maximum Gasteiger partial charge on any atom is 0.000966 e. The van der Waals surface area contributed by atoms with Crippen molar-refractivity contribution >= 4 is 0 Å². The van der Waals surface area contributed by atoms with Crippen molar-refractivity contribution in [2.45, 2.75) is 64.2 Å². The summed E-state index contributed by atoms with van der Waals surface area (Å²) < 4.78 is 0. The van der Waals surface area contributed by atoms with E-state index >= 15 is 0 Å². The average Bonchev–Trinajstić information content (AvgIpc) is 3.08. The quantitative estimate of drug-likeness (QED) is 0.641. The lowest BCUT2D eigenvalue weighted by molar-refractivity contribution is 0.145. The van der Waals surface area contributed by atoms with Crippen LogP contribution >= 0.6 is 0 Å². The predicted octanol–water partition coefficient (Wildman–Crippen LogP) is 3.83. The topological polar surface area (TPSA) is 3.24 Å². The van der Waals surface area contributed by atoms with Crippen molar-refractivity contribution < 1.29 is 0 Å². The number of hydrogen-bond donors (Lipinski definition) is 0. The molecule has 1 saturated heterocycles. The van der Waals surface area contributed by atoms with Gasteiger partial charge < -0.3 is 4.90 Å². The van der Waals surface area contributed by atoms with Crippen molar-refractivity contribution in [2.24, 2.45) is 11.3 Å². The van der Waals surface area contributed by atoms with Crippen molar-refractivity contribution in [1.82, 2.24) is 4.90 Å². The van der Waals surface area contributed by atoms with Crippen molar-refractivity contribution in [2.75, 3.05) is 19.6 Å². The van der Waals surface area contributed by atoms with Crippen LogP contribution in [0.15, 0.2) is 0 Å². The third-order valence-electron chi connectivity index (χ3n) is 5.36. The molecular weight excluding hydrogens is 194 g/mol. The lowest BCUT2D eigenvalue weighted by Gasteiger charge is -2.34. The van der Waals surface area contributed by atoms with E-state index < -0.39 is 0 Å². The number of nitrogens with zero attached hydrogens (tertiary/aromatic N) is 1. The van der Waals surface area contributed by atoms with Gasteiger partial charge in [-0.05, 0) is 62.9 Å². The van der Waals surface area contributed by atoms with Crippen LogP contribution in [0.3, 0.4) is 0 Å². The van der Waals surface area contributed by atoms with Crippen LogP contribution in [0.5, 0.6) is 0 Å². The summed E-state index contributed by atoms with van der Waals surface area (Å²) in [5, 5.41) is 0. The highest BCUT2D eigenvalue weighted by atomic mass is 15.1. The predicted molar refractivity (Wildman–Crippen MR) is 68.5 cm³/mol. The summed E-state index contributed by atoms with van der Waals surface area (Å²) in [5.41, 5.74) is 0.861. The Kier molecular flexibility index (Phi) is 3.24. The molecule has 1 nitrogen and oxygen atoms in total. The fourth-order valence-corrected chi connectivity index (χ4v) is 3.80. The largest absolute Gasteiger partial charge is 0.303 e. The number of hydrogen-bond acceptors (Lipinski definition) is 1. The SMILES string of the molecule is C1CCCC(CN2CCC3(CC2)CC3)CC1. The second kappa shape index (κ2) is 4.68. The Bertz CT molecular complexity index is 214. The lowest BCUT2D eigenvalue weighted by atomic mass is 9.92. The molecule has 0 N–H and O–H groups in total. The van der Waals surface area contributed by atoms with Crippen LogP contribution in [0.4, 0.5) is 0 Å². The number of piperidine rings is 1. The fourth-order valence-electron chi connectivity index (χ4n) is 3.80. The summed E-state index contributed by atoms with van der Waals surface area (Å²) in [7, 11) is 0. The van der Waals surface area contributed by atoms with Crippen LogP contribution < -0.4 is 0 Å². The summed E-state index contributed by atoms with van der Waals surface area (Å²) in [5.74, 6) is 1.04. The van der Waals surface area contributed by atoms with Gasteiger partial charge >= 0.3 is 0 Å². The van der Waals surface area contributed by atoms with Crippen LogP contribution in [-0.2, 0) is 0 Å². The lowest BCUT2D eigenvalue weighted by Crippen LogP contribution is -2.37. The van der Waals surface area contributed by atoms with E-state index in [-0.39, 0.29) is 0 Å². The summed E-state index contributed by atoms with van der Waals surface area (Å²) >= 11 is 0. The summed E-state index contributed by atoms with van der Waals surface area (Å²) in [6.45, 7) is 4.25. The zero-order chi connectivity index (χ0) is 10.8. The Morgan fingerprint density at radius 3 is 2.00 bits per heavy atom. The first-order chi connectivity index (χ1) is 7.86. The Morgan fingerprint density at radius 1 is 0.812 bits per heavy atom. The molecule has 0 radical (unpaired) electrons. The van der Waals surface area contributed by atoms with Crippen molar-refractivity contribution in [3.8, 4) is 0 Å². The third-order valence-corrected chi connectivity index (χ3v) is 5.36. The minimum absolute atomic E-state index is 0.861. The van der Waals surface area contributed by atoms with Gasteiger partial charge in [0.1, 0.15) is 0 Å². The zero-order valence-corrected chi connectivity index (χ0v) is 10.7. The molecule has 1 heteroatoms. The Labute approximate surface area is 101 Å². The normalized spacial score (nSPS) is 31.5. The minimum Gasteiger partial charge on any atom is -0.303 e. The van der Waals surface area contributed by atoms with E-state index in [1.54, 1.807) is 12.8 Å². The molecule has 0 aromatic rings. The van der Waals surface area contributed by atoms with Gasteiger partial charge in [-0.3, -0.25) is 0 Å². The highest BCUT2D eigenvalue weighted by Gasteiger charge is 2.44. The van der Waals surface area contributed by atoms with E-state index in [2.05, 4.69) is 4.90 Å². The third kappa shape index (κ3) is 2.61. The van der Waals surface area contributed by atoms with E-state index in [0.29, 0.717) is 0 Å². The minimum atomic E-state index is 0.861. The summed E-state index contributed by atoms with van der Waals surface area (Å²) in [6, 6.07) is 0. The molecule has 2 aliphatic carbocycles. The second-order valence-electron chi connectivity index (χ2n) is 6.66. The van der Waals surface area contributed by atoms with Crippen LogP contribution in [0.25, 0.3) is 0 Å². The molecule has 0 atom stereocenters. The molecule has 92 valence electrons. The van der Waals surface area contributed by atoms with Gasteiger partial charge in [-0.1, -0.05) is 25.7 Å². The van der Waals surface area contributed by atoms with Gasteiger partial charge in [0.2, 0.25) is 0 Å². The standard InChI is InChI=1S/C15H27N/c1-2-4-6-14(5-3-1)13-16-11-9-15(7-8-15)10-12-16/h14H,1-13H2. The van der Waals surface area contributed by atoms with Gasteiger partial charge in [-0.2, -0.15) is 0 Å². The molecule has 0 aromatic heterocycles. The molecule has 3 rings (SSSR count). The second-order valence-corrected chi connectivity index (χ2v) is 6.66. The van der Waals surface area contributed by atoms with Crippen LogP contribution in [0.1, 0.15) is 64.2 Å². The first-order valence-corrected chi connectivity index (χ1v) is 7.59. The summed E-state index contributed by atoms with van der Waals surface area (Å²) in [4.78, 5) is 2.78. The molecule has 3 aliphatic rings. The molecule has 2 saturated carbocycles. The van der Waals surface area contributed by atoms with Gasteiger partial charge in [0, 0.05) is 6.54 Å². The molecule has 1 spiro atoms. The molecule has 3 fully saturated rings. The maximum absolute atomic E-state index is 2.78. The Hall–Kier alpha value is -0.0400.